The van der Waals surface area contributed by atoms with E-state index in [1.165, 1.54) is 20.0 Å². The first-order valence-corrected chi connectivity index (χ1v) is 9.89. The highest BCUT2D eigenvalue weighted by molar-refractivity contribution is 6.32. The number of methoxy groups -OCH3 is 1. The van der Waals surface area contributed by atoms with Gasteiger partial charge in [-0.2, -0.15) is 0 Å². The van der Waals surface area contributed by atoms with Gasteiger partial charge in [-0.3, -0.25) is 9.59 Å². The van der Waals surface area contributed by atoms with E-state index in [-0.39, 0.29) is 17.8 Å². The molecule has 0 unspecified atom stereocenters. The number of halogens is 1. The first-order valence-electron chi connectivity index (χ1n) is 9.51. The Hall–Kier alpha value is -2.21. The van der Waals surface area contributed by atoms with Crippen molar-refractivity contribution in [1.82, 2.24) is 9.88 Å². The number of nitrogens with zero attached hydrogens (tertiary/aromatic N) is 1. The Morgan fingerprint density at radius 2 is 2.00 bits per heavy atom. The molecule has 1 aromatic carbocycles. The summed E-state index contributed by atoms with van der Waals surface area (Å²) in [5.41, 5.74) is 2.36. The van der Waals surface area contributed by atoms with Crippen LogP contribution in [0, 0.1) is 5.92 Å². The van der Waals surface area contributed by atoms with Crippen LogP contribution in [0.15, 0.2) is 18.2 Å². The SMILES string of the molecule is COC(=O)[C@@H]1CCN(C(=O)c2cc3cc(Cl)cc(NC4CCCC4)c3[nH]2)C1. The Labute approximate surface area is 163 Å². The van der Waals surface area contributed by atoms with Crippen LogP contribution in [-0.4, -0.2) is 48.0 Å². The van der Waals surface area contributed by atoms with Crippen molar-refractivity contribution in [1.29, 1.82) is 0 Å². The Balaban J connectivity index is 1.57. The lowest BCUT2D eigenvalue weighted by Crippen LogP contribution is -2.30. The molecule has 6 nitrogen and oxygen atoms in total. The number of rotatable bonds is 4. The summed E-state index contributed by atoms with van der Waals surface area (Å²) in [6, 6.07) is 6.07. The fourth-order valence-electron chi connectivity index (χ4n) is 4.20. The molecule has 2 aliphatic rings. The number of amides is 1. The Bertz CT molecular complexity index is 873. The van der Waals surface area contributed by atoms with Crippen molar-refractivity contribution in [3.8, 4) is 0 Å². The molecule has 1 saturated carbocycles. The lowest BCUT2D eigenvalue weighted by Gasteiger charge is -2.15. The maximum Gasteiger partial charge on any atom is 0.310 e. The minimum Gasteiger partial charge on any atom is -0.469 e. The molecule has 2 aromatic rings. The Kier molecular flexibility index (Phi) is 5.00. The average Bonchev–Trinajstić information content (AvgIpc) is 3.40. The second kappa shape index (κ2) is 7.43. The fraction of sp³-hybridized carbons (Fsp3) is 0.500. The molecule has 1 amide bonds. The molecule has 2 N–H and O–H groups in total. The normalized spacial score (nSPS) is 20.4. The minimum absolute atomic E-state index is 0.0967. The molecule has 0 radical (unpaired) electrons. The van der Waals surface area contributed by atoms with E-state index < -0.39 is 0 Å². The molecule has 1 aliphatic heterocycles. The fourth-order valence-corrected chi connectivity index (χ4v) is 4.43. The highest BCUT2D eigenvalue weighted by atomic mass is 35.5. The highest BCUT2D eigenvalue weighted by Crippen LogP contribution is 2.32. The van der Waals surface area contributed by atoms with Gasteiger partial charge in [0.1, 0.15) is 5.69 Å². The first-order chi connectivity index (χ1) is 13.0. The first kappa shape index (κ1) is 18.2. The van der Waals surface area contributed by atoms with Gasteiger partial charge >= 0.3 is 5.97 Å². The number of esters is 1. The van der Waals surface area contributed by atoms with Gasteiger partial charge in [0.05, 0.1) is 24.2 Å². The van der Waals surface area contributed by atoms with E-state index in [1.807, 2.05) is 18.2 Å². The number of hydrogen-bond donors (Lipinski definition) is 2. The van der Waals surface area contributed by atoms with Crippen molar-refractivity contribution in [3.05, 3.63) is 28.9 Å². The van der Waals surface area contributed by atoms with Crippen LogP contribution in [0.3, 0.4) is 0 Å². The van der Waals surface area contributed by atoms with Gasteiger partial charge in [-0.05, 0) is 37.5 Å². The monoisotopic (exact) mass is 389 g/mol. The van der Waals surface area contributed by atoms with Crippen molar-refractivity contribution in [2.24, 2.45) is 5.92 Å². The molecule has 2 fully saturated rings. The van der Waals surface area contributed by atoms with Crippen LogP contribution < -0.4 is 5.32 Å². The molecule has 1 atom stereocenters. The molecule has 27 heavy (non-hydrogen) atoms. The molecule has 0 bridgehead atoms. The zero-order valence-electron chi connectivity index (χ0n) is 15.4. The summed E-state index contributed by atoms with van der Waals surface area (Å²) in [6.45, 7) is 0.955. The van der Waals surface area contributed by atoms with Crippen LogP contribution in [0.25, 0.3) is 10.9 Å². The van der Waals surface area contributed by atoms with Crippen molar-refractivity contribution in [2.45, 2.75) is 38.1 Å². The van der Waals surface area contributed by atoms with Crippen LogP contribution in [-0.2, 0) is 9.53 Å². The van der Waals surface area contributed by atoms with Gasteiger partial charge in [-0.1, -0.05) is 24.4 Å². The number of carbonyl (C=O) groups is 2. The maximum atomic E-state index is 12.9. The number of ether oxygens (including phenoxy) is 1. The Morgan fingerprint density at radius 3 is 2.74 bits per heavy atom. The zero-order chi connectivity index (χ0) is 19.0. The number of anilines is 1. The lowest BCUT2D eigenvalue weighted by molar-refractivity contribution is -0.144. The number of benzene rings is 1. The number of likely N-dealkylation sites (tertiary alicyclic amines) is 1. The second-order valence-electron chi connectivity index (χ2n) is 7.49. The van der Waals surface area contributed by atoms with E-state index in [0.717, 1.165) is 29.4 Å². The molecule has 144 valence electrons. The number of nitrogens with one attached hydrogen (secondary N) is 2. The third-order valence-electron chi connectivity index (χ3n) is 5.65. The van der Waals surface area contributed by atoms with Crippen LogP contribution in [0.2, 0.25) is 5.02 Å². The minimum atomic E-state index is -0.253. The summed E-state index contributed by atoms with van der Waals surface area (Å²) < 4.78 is 4.80. The van der Waals surface area contributed by atoms with Gasteiger partial charge in [0.25, 0.3) is 5.91 Å². The van der Waals surface area contributed by atoms with E-state index in [1.54, 1.807) is 4.90 Å². The van der Waals surface area contributed by atoms with Gasteiger partial charge in [0, 0.05) is 29.5 Å². The van der Waals surface area contributed by atoms with Gasteiger partial charge < -0.3 is 19.9 Å². The molecule has 1 saturated heterocycles. The van der Waals surface area contributed by atoms with Gasteiger partial charge in [-0.25, -0.2) is 0 Å². The second-order valence-corrected chi connectivity index (χ2v) is 7.92. The number of aromatic amines is 1. The van der Waals surface area contributed by atoms with E-state index in [9.17, 15) is 9.59 Å². The van der Waals surface area contributed by atoms with E-state index in [0.29, 0.717) is 36.3 Å². The third kappa shape index (κ3) is 3.63. The summed E-state index contributed by atoms with van der Waals surface area (Å²) in [5, 5.41) is 5.13. The largest absolute Gasteiger partial charge is 0.469 e. The molecular weight excluding hydrogens is 366 g/mol. The maximum absolute atomic E-state index is 12.9. The summed E-state index contributed by atoms with van der Waals surface area (Å²) >= 11 is 6.29. The lowest BCUT2D eigenvalue weighted by atomic mass is 10.1. The van der Waals surface area contributed by atoms with Gasteiger partial charge in [0.15, 0.2) is 0 Å². The summed E-state index contributed by atoms with van der Waals surface area (Å²) in [4.78, 5) is 29.6. The smallest absolute Gasteiger partial charge is 0.310 e. The van der Waals surface area contributed by atoms with Crippen LogP contribution in [0.1, 0.15) is 42.6 Å². The van der Waals surface area contributed by atoms with Crippen LogP contribution in [0.4, 0.5) is 5.69 Å². The van der Waals surface area contributed by atoms with Crippen molar-refractivity contribution in [2.75, 3.05) is 25.5 Å². The number of aromatic nitrogens is 1. The molecule has 7 heteroatoms. The molecule has 1 aliphatic carbocycles. The van der Waals surface area contributed by atoms with Gasteiger partial charge in [0.2, 0.25) is 0 Å². The molecule has 2 heterocycles. The molecule has 1 aromatic heterocycles. The summed E-state index contributed by atoms with van der Waals surface area (Å²) in [7, 11) is 1.38. The third-order valence-corrected chi connectivity index (χ3v) is 5.87. The molecule has 4 rings (SSSR count). The predicted octanol–water partition coefficient (Wildman–Crippen LogP) is 3.81. The van der Waals surface area contributed by atoms with Crippen molar-refractivity contribution >= 4 is 40.1 Å². The predicted molar refractivity (Wildman–Crippen MR) is 105 cm³/mol. The van der Waals surface area contributed by atoms with E-state index >= 15 is 0 Å². The van der Waals surface area contributed by atoms with Gasteiger partial charge in [-0.15, -0.1) is 0 Å². The number of fused-ring (bicyclic) bond motifs is 1. The number of carbonyl (C=O) groups excluding carboxylic acids is 2. The van der Waals surface area contributed by atoms with Crippen LogP contribution >= 0.6 is 11.6 Å². The van der Waals surface area contributed by atoms with Crippen LogP contribution in [0.5, 0.6) is 0 Å². The standard InChI is InChI=1S/C20H24ClN3O3/c1-27-20(26)12-6-7-24(11-12)19(25)17-9-13-8-14(21)10-16(18(13)23-17)22-15-4-2-3-5-15/h8-10,12,15,22-23H,2-7,11H2,1H3/t12-/m1/s1. The molecular formula is C20H24ClN3O3. The van der Waals surface area contributed by atoms with Crippen molar-refractivity contribution in [3.63, 3.8) is 0 Å². The average molecular weight is 390 g/mol. The van der Waals surface area contributed by atoms with E-state index in [4.69, 9.17) is 16.3 Å². The number of hydrogen-bond acceptors (Lipinski definition) is 4. The topological polar surface area (TPSA) is 74.4 Å². The zero-order valence-corrected chi connectivity index (χ0v) is 16.1. The summed E-state index contributed by atoms with van der Waals surface area (Å²) in [5.74, 6) is -0.588. The van der Waals surface area contributed by atoms with E-state index in [2.05, 4.69) is 10.3 Å². The Morgan fingerprint density at radius 1 is 1.22 bits per heavy atom. The summed E-state index contributed by atoms with van der Waals surface area (Å²) in [6.07, 6.45) is 5.43. The molecule has 0 spiro atoms. The quantitative estimate of drug-likeness (QED) is 0.780. The highest BCUT2D eigenvalue weighted by Gasteiger charge is 2.32. The number of H-pyrrole nitrogens is 1. The van der Waals surface area contributed by atoms with Crippen molar-refractivity contribution < 1.29 is 14.3 Å².